The number of carboxylic acid groups (broad SMARTS) is 1. The maximum Gasteiger partial charge on any atom is 0.408 e. The average molecular weight is 243 g/mol. The Balaban J connectivity index is 4.30. The van der Waals surface area contributed by atoms with Crippen molar-refractivity contribution in [2.45, 2.75) is 52.2 Å². The molecule has 0 bridgehead atoms. The van der Waals surface area contributed by atoms with Gasteiger partial charge >= 0.3 is 12.1 Å². The normalized spacial score (nSPS) is 12.7. The van der Waals surface area contributed by atoms with Crippen LogP contribution in [0.2, 0.25) is 0 Å². The van der Waals surface area contributed by atoms with Gasteiger partial charge in [-0.15, -0.1) is 6.58 Å². The van der Waals surface area contributed by atoms with E-state index in [0.717, 1.165) is 5.57 Å². The lowest BCUT2D eigenvalue weighted by atomic mass is 10.1. The van der Waals surface area contributed by atoms with Crippen LogP contribution >= 0.6 is 0 Å². The van der Waals surface area contributed by atoms with Gasteiger partial charge in [-0.1, -0.05) is 5.57 Å². The van der Waals surface area contributed by atoms with Crippen molar-refractivity contribution < 1.29 is 19.4 Å². The second-order valence-corrected chi connectivity index (χ2v) is 5.03. The topological polar surface area (TPSA) is 75.6 Å². The maximum absolute atomic E-state index is 11.4. The summed E-state index contributed by atoms with van der Waals surface area (Å²) in [5.74, 6) is -1.07. The van der Waals surface area contributed by atoms with Crippen LogP contribution in [0.1, 0.15) is 40.5 Å². The molecule has 5 heteroatoms. The number of hydrogen-bond donors (Lipinski definition) is 2. The largest absolute Gasteiger partial charge is 0.480 e. The fraction of sp³-hybridized carbons (Fsp3) is 0.667. The molecule has 0 aromatic rings. The molecule has 98 valence electrons. The lowest BCUT2D eigenvalue weighted by Crippen LogP contribution is -2.43. The Labute approximate surface area is 102 Å². The van der Waals surface area contributed by atoms with Gasteiger partial charge in [-0.25, -0.2) is 9.59 Å². The van der Waals surface area contributed by atoms with Gasteiger partial charge in [-0.05, 0) is 40.5 Å². The second kappa shape index (κ2) is 6.27. The van der Waals surface area contributed by atoms with Crippen molar-refractivity contribution in [1.29, 1.82) is 0 Å². The first-order chi connectivity index (χ1) is 7.61. The number of carbonyl (C=O) groups is 2. The molecule has 0 unspecified atom stereocenters. The number of nitrogens with one attached hydrogen (secondary N) is 1. The van der Waals surface area contributed by atoms with Crippen molar-refractivity contribution in [2.24, 2.45) is 0 Å². The molecule has 0 radical (unpaired) electrons. The van der Waals surface area contributed by atoms with E-state index in [1.165, 1.54) is 0 Å². The van der Waals surface area contributed by atoms with Crippen molar-refractivity contribution in [3.05, 3.63) is 12.2 Å². The summed E-state index contributed by atoms with van der Waals surface area (Å²) in [4.78, 5) is 22.3. The van der Waals surface area contributed by atoms with E-state index in [-0.39, 0.29) is 0 Å². The molecule has 0 aliphatic carbocycles. The number of alkyl carbamates (subject to hydrolysis) is 1. The Morgan fingerprint density at radius 1 is 1.41 bits per heavy atom. The molecule has 0 aliphatic rings. The van der Waals surface area contributed by atoms with Gasteiger partial charge in [0.15, 0.2) is 0 Å². The highest BCUT2D eigenvalue weighted by atomic mass is 16.6. The molecule has 2 N–H and O–H groups in total. The van der Waals surface area contributed by atoms with Crippen molar-refractivity contribution in [3.8, 4) is 0 Å². The molecule has 0 spiro atoms. The highest BCUT2D eigenvalue weighted by molar-refractivity contribution is 5.79. The number of aliphatic carboxylic acids is 1. The van der Waals surface area contributed by atoms with Crippen LogP contribution in [0.4, 0.5) is 4.79 Å². The van der Waals surface area contributed by atoms with Crippen LogP contribution in [0.15, 0.2) is 12.2 Å². The number of carboxylic acids is 1. The van der Waals surface area contributed by atoms with Crippen LogP contribution in [-0.2, 0) is 9.53 Å². The third kappa shape index (κ3) is 8.30. The van der Waals surface area contributed by atoms with E-state index in [1.54, 1.807) is 20.8 Å². The Kier molecular flexibility index (Phi) is 5.71. The maximum atomic E-state index is 11.4. The van der Waals surface area contributed by atoms with Gasteiger partial charge in [0.1, 0.15) is 11.6 Å². The Bertz CT molecular complexity index is 304. The standard InChI is InChI=1S/C12H21NO4/c1-8(2)6-7-9(10(14)15)13-11(16)17-12(3,4)5/h9H,1,6-7H2,2-5H3,(H,13,16)(H,14,15)/t9-/m0/s1. The molecule has 1 amide bonds. The molecule has 5 nitrogen and oxygen atoms in total. The summed E-state index contributed by atoms with van der Waals surface area (Å²) in [7, 11) is 0. The zero-order valence-corrected chi connectivity index (χ0v) is 10.9. The summed E-state index contributed by atoms with van der Waals surface area (Å²) in [6.07, 6.45) is 0.142. The summed E-state index contributed by atoms with van der Waals surface area (Å²) in [5.41, 5.74) is 0.240. The van der Waals surface area contributed by atoms with Crippen LogP contribution in [0.25, 0.3) is 0 Å². The van der Waals surface area contributed by atoms with Gasteiger partial charge in [-0.2, -0.15) is 0 Å². The SMILES string of the molecule is C=C(C)CC[C@H](NC(=O)OC(C)(C)C)C(=O)O. The molecule has 0 heterocycles. The predicted molar refractivity (Wildman–Crippen MR) is 64.8 cm³/mol. The lowest BCUT2D eigenvalue weighted by molar-refractivity contribution is -0.139. The number of rotatable bonds is 5. The number of amides is 1. The van der Waals surface area contributed by atoms with Gasteiger partial charge in [0, 0.05) is 0 Å². The van der Waals surface area contributed by atoms with Crippen molar-refractivity contribution in [3.63, 3.8) is 0 Å². The third-order valence-corrected chi connectivity index (χ3v) is 1.85. The smallest absolute Gasteiger partial charge is 0.408 e. The number of carbonyl (C=O) groups excluding carboxylic acids is 1. The van der Waals surface area contributed by atoms with Crippen LogP contribution in [-0.4, -0.2) is 28.8 Å². The average Bonchev–Trinajstić information content (AvgIpc) is 2.08. The highest BCUT2D eigenvalue weighted by Gasteiger charge is 2.23. The van der Waals surface area contributed by atoms with Gasteiger partial charge in [0.05, 0.1) is 0 Å². The molecular formula is C12H21NO4. The first-order valence-corrected chi connectivity index (χ1v) is 5.48. The van der Waals surface area contributed by atoms with Crippen molar-refractivity contribution in [1.82, 2.24) is 5.32 Å². The van der Waals surface area contributed by atoms with Gasteiger partial charge < -0.3 is 15.2 Å². The molecular weight excluding hydrogens is 222 g/mol. The van der Waals surface area contributed by atoms with Gasteiger partial charge in [-0.3, -0.25) is 0 Å². The minimum Gasteiger partial charge on any atom is -0.480 e. The number of allylic oxidation sites excluding steroid dienone is 1. The van der Waals surface area contributed by atoms with Gasteiger partial charge in [0.25, 0.3) is 0 Å². The van der Waals surface area contributed by atoms with Crippen LogP contribution in [0.3, 0.4) is 0 Å². The fourth-order valence-electron chi connectivity index (χ4n) is 1.10. The summed E-state index contributed by atoms with van der Waals surface area (Å²) in [6.45, 7) is 10.7. The molecule has 0 aliphatic heterocycles. The molecule has 0 aromatic carbocycles. The first-order valence-electron chi connectivity index (χ1n) is 5.48. The second-order valence-electron chi connectivity index (χ2n) is 5.03. The Morgan fingerprint density at radius 3 is 2.29 bits per heavy atom. The highest BCUT2D eigenvalue weighted by Crippen LogP contribution is 2.09. The monoisotopic (exact) mass is 243 g/mol. The van der Waals surface area contributed by atoms with E-state index < -0.39 is 23.7 Å². The number of ether oxygens (including phenoxy) is 1. The van der Waals surface area contributed by atoms with Gasteiger partial charge in [0.2, 0.25) is 0 Å². The molecule has 0 saturated carbocycles. The van der Waals surface area contributed by atoms with Crippen LogP contribution < -0.4 is 5.32 Å². The Morgan fingerprint density at radius 2 is 1.94 bits per heavy atom. The minimum atomic E-state index is -1.07. The summed E-state index contributed by atoms with van der Waals surface area (Å²) in [5, 5.41) is 11.3. The van der Waals surface area contributed by atoms with E-state index in [1.807, 2.05) is 6.92 Å². The molecule has 0 fully saturated rings. The zero-order chi connectivity index (χ0) is 13.6. The third-order valence-electron chi connectivity index (χ3n) is 1.85. The van der Waals surface area contributed by atoms with Crippen molar-refractivity contribution in [2.75, 3.05) is 0 Å². The van der Waals surface area contributed by atoms with E-state index in [0.29, 0.717) is 12.8 Å². The number of hydrogen-bond acceptors (Lipinski definition) is 3. The van der Waals surface area contributed by atoms with Crippen molar-refractivity contribution >= 4 is 12.1 Å². The predicted octanol–water partition coefficient (Wildman–Crippen LogP) is 2.32. The summed E-state index contributed by atoms with van der Waals surface area (Å²) in [6, 6.07) is -0.943. The minimum absolute atomic E-state index is 0.309. The van der Waals surface area contributed by atoms with E-state index in [2.05, 4.69) is 11.9 Å². The Hall–Kier alpha value is -1.52. The first kappa shape index (κ1) is 15.5. The molecule has 0 aromatic heterocycles. The van der Waals surface area contributed by atoms with Crippen LogP contribution in [0, 0.1) is 0 Å². The van der Waals surface area contributed by atoms with Crippen LogP contribution in [0.5, 0.6) is 0 Å². The lowest BCUT2D eigenvalue weighted by Gasteiger charge is -2.22. The zero-order valence-electron chi connectivity index (χ0n) is 10.9. The molecule has 1 atom stereocenters. The van der Waals surface area contributed by atoms with E-state index in [9.17, 15) is 9.59 Å². The van der Waals surface area contributed by atoms with E-state index in [4.69, 9.17) is 9.84 Å². The van der Waals surface area contributed by atoms with E-state index >= 15 is 0 Å². The molecule has 0 saturated heterocycles. The molecule has 0 rings (SSSR count). The molecule has 17 heavy (non-hydrogen) atoms. The summed E-state index contributed by atoms with van der Waals surface area (Å²) < 4.78 is 4.99. The summed E-state index contributed by atoms with van der Waals surface area (Å²) >= 11 is 0. The quantitative estimate of drug-likeness (QED) is 0.726. The fourth-order valence-corrected chi connectivity index (χ4v) is 1.10.